The van der Waals surface area contributed by atoms with Gasteiger partial charge >= 0.3 is 0 Å². The number of fused-ring (bicyclic) bond motifs is 1. The molecule has 0 aliphatic carbocycles. The SMILES string of the molecule is CCN(CC)C(C)(C)C(=O)c1cncc2ccccc12. The maximum Gasteiger partial charge on any atom is 0.184 e. The summed E-state index contributed by atoms with van der Waals surface area (Å²) in [5.74, 6) is 0.130. The van der Waals surface area contributed by atoms with E-state index in [-0.39, 0.29) is 5.78 Å². The molecule has 1 aromatic heterocycles. The summed E-state index contributed by atoms with van der Waals surface area (Å²) in [6, 6.07) is 7.91. The lowest BCUT2D eigenvalue weighted by atomic mass is 9.89. The number of likely N-dealkylation sites (N-methyl/N-ethyl adjacent to an activating group) is 1. The third-order valence-corrected chi connectivity index (χ3v) is 4.02. The molecule has 0 amide bonds. The minimum absolute atomic E-state index is 0.130. The molecule has 1 aromatic carbocycles. The van der Waals surface area contributed by atoms with E-state index in [2.05, 4.69) is 23.7 Å². The van der Waals surface area contributed by atoms with Crippen molar-refractivity contribution >= 4 is 16.6 Å². The summed E-state index contributed by atoms with van der Waals surface area (Å²) in [6.07, 6.45) is 3.49. The van der Waals surface area contributed by atoms with Crippen molar-refractivity contribution in [2.24, 2.45) is 0 Å². The van der Waals surface area contributed by atoms with Gasteiger partial charge in [0.05, 0.1) is 5.54 Å². The smallest absolute Gasteiger partial charge is 0.184 e. The lowest BCUT2D eigenvalue weighted by molar-refractivity contribution is 0.0670. The molecule has 0 N–H and O–H groups in total. The average Bonchev–Trinajstić information content (AvgIpc) is 2.47. The topological polar surface area (TPSA) is 33.2 Å². The van der Waals surface area contributed by atoms with Gasteiger partial charge in [0.15, 0.2) is 5.78 Å². The highest BCUT2D eigenvalue weighted by atomic mass is 16.1. The van der Waals surface area contributed by atoms with Crippen molar-refractivity contribution in [2.75, 3.05) is 13.1 Å². The van der Waals surface area contributed by atoms with Gasteiger partial charge in [-0.05, 0) is 32.3 Å². The number of ketones is 1. The maximum atomic E-state index is 13.0. The molecule has 3 nitrogen and oxygen atoms in total. The van der Waals surface area contributed by atoms with E-state index in [1.54, 1.807) is 12.4 Å². The minimum atomic E-state index is -0.519. The van der Waals surface area contributed by atoms with E-state index in [0.717, 1.165) is 23.9 Å². The molecule has 3 heteroatoms. The first-order chi connectivity index (χ1) is 9.52. The van der Waals surface area contributed by atoms with Gasteiger partial charge in [0.25, 0.3) is 0 Å². The third kappa shape index (κ3) is 2.46. The van der Waals surface area contributed by atoms with Crippen LogP contribution in [0.15, 0.2) is 36.7 Å². The van der Waals surface area contributed by atoms with E-state index in [9.17, 15) is 4.79 Å². The average molecular weight is 270 g/mol. The Hall–Kier alpha value is -1.74. The number of benzene rings is 1. The van der Waals surface area contributed by atoms with Gasteiger partial charge in [-0.3, -0.25) is 14.7 Å². The van der Waals surface area contributed by atoms with Crippen molar-refractivity contribution in [1.29, 1.82) is 0 Å². The highest BCUT2D eigenvalue weighted by molar-refractivity contribution is 6.11. The summed E-state index contributed by atoms with van der Waals surface area (Å²) in [5.41, 5.74) is 0.190. The first-order valence-corrected chi connectivity index (χ1v) is 7.15. The molecule has 0 aliphatic rings. The number of pyridine rings is 1. The first-order valence-electron chi connectivity index (χ1n) is 7.15. The predicted molar refractivity (Wildman–Crippen MR) is 83.1 cm³/mol. The lowest BCUT2D eigenvalue weighted by Gasteiger charge is -2.35. The Labute approximate surface area is 120 Å². The van der Waals surface area contributed by atoms with Gasteiger partial charge in [-0.15, -0.1) is 0 Å². The Morgan fingerprint density at radius 3 is 2.45 bits per heavy atom. The van der Waals surface area contributed by atoms with Gasteiger partial charge in [0, 0.05) is 23.3 Å². The molecule has 0 saturated heterocycles. The molecule has 2 rings (SSSR count). The molecule has 0 bridgehead atoms. The van der Waals surface area contributed by atoms with Crippen LogP contribution in [-0.2, 0) is 0 Å². The summed E-state index contributed by atoms with van der Waals surface area (Å²) >= 11 is 0. The van der Waals surface area contributed by atoms with Crippen LogP contribution in [0.3, 0.4) is 0 Å². The maximum absolute atomic E-state index is 13.0. The standard InChI is InChI=1S/C17H22N2O/c1-5-19(6-2)17(3,4)16(20)15-12-18-11-13-9-7-8-10-14(13)15/h7-12H,5-6H2,1-4H3. The van der Waals surface area contributed by atoms with E-state index >= 15 is 0 Å². The van der Waals surface area contributed by atoms with Gasteiger partial charge < -0.3 is 0 Å². The van der Waals surface area contributed by atoms with Crippen molar-refractivity contribution in [1.82, 2.24) is 9.88 Å². The summed E-state index contributed by atoms with van der Waals surface area (Å²) in [7, 11) is 0. The number of aromatic nitrogens is 1. The molecule has 0 unspecified atom stereocenters. The van der Waals surface area contributed by atoms with Gasteiger partial charge in [-0.2, -0.15) is 0 Å². The van der Waals surface area contributed by atoms with Crippen LogP contribution in [-0.4, -0.2) is 34.3 Å². The van der Waals surface area contributed by atoms with Crippen molar-refractivity contribution in [3.63, 3.8) is 0 Å². The highest BCUT2D eigenvalue weighted by Gasteiger charge is 2.34. The summed E-state index contributed by atoms with van der Waals surface area (Å²) in [6.45, 7) is 9.86. The number of rotatable bonds is 5. The normalized spacial score (nSPS) is 12.1. The summed E-state index contributed by atoms with van der Waals surface area (Å²) in [5, 5.41) is 1.99. The largest absolute Gasteiger partial charge is 0.292 e. The number of carbonyl (C=O) groups excluding carboxylic acids is 1. The number of Topliss-reactive ketones (excluding diaryl/α,β-unsaturated/α-hetero) is 1. The number of carbonyl (C=O) groups is 1. The fourth-order valence-corrected chi connectivity index (χ4v) is 2.78. The Kier molecular flexibility index (Phi) is 4.19. The van der Waals surface area contributed by atoms with E-state index < -0.39 is 5.54 Å². The van der Waals surface area contributed by atoms with Crippen molar-refractivity contribution in [3.8, 4) is 0 Å². The molecule has 0 saturated carbocycles. The van der Waals surface area contributed by atoms with E-state index in [1.807, 2.05) is 38.1 Å². The monoisotopic (exact) mass is 270 g/mol. The molecule has 106 valence electrons. The van der Waals surface area contributed by atoms with Crippen LogP contribution in [0, 0.1) is 0 Å². The Morgan fingerprint density at radius 1 is 1.15 bits per heavy atom. The van der Waals surface area contributed by atoms with Gasteiger partial charge in [0.1, 0.15) is 0 Å². The molecule has 20 heavy (non-hydrogen) atoms. The van der Waals surface area contributed by atoms with Crippen LogP contribution in [0.2, 0.25) is 0 Å². The quantitative estimate of drug-likeness (QED) is 0.779. The fraction of sp³-hybridized carbons (Fsp3) is 0.412. The molecule has 0 spiro atoms. The van der Waals surface area contributed by atoms with E-state index in [0.29, 0.717) is 5.56 Å². The van der Waals surface area contributed by atoms with Gasteiger partial charge in [0.2, 0.25) is 0 Å². The second-order valence-electron chi connectivity index (χ2n) is 5.47. The molecule has 0 atom stereocenters. The molecule has 2 aromatic rings. The van der Waals surface area contributed by atoms with Crippen molar-refractivity contribution in [3.05, 3.63) is 42.2 Å². The second kappa shape index (κ2) is 5.71. The van der Waals surface area contributed by atoms with Crippen molar-refractivity contribution < 1.29 is 4.79 Å². The summed E-state index contributed by atoms with van der Waals surface area (Å²) in [4.78, 5) is 19.4. The zero-order chi connectivity index (χ0) is 14.8. The Balaban J connectivity index is 2.51. The zero-order valence-electron chi connectivity index (χ0n) is 12.7. The molecule has 0 radical (unpaired) electrons. The Bertz CT molecular complexity index is 610. The van der Waals surface area contributed by atoms with E-state index in [1.165, 1.54) is 0 Å². The molecule has 0 fully saturated rings. The summed E-state index contributed by atoms with van der Waals surface area (Å²) < 4.78 is 0. The number of nitrogens with zero attached hydrogens (tertiary/aromatic N) is 2. The minimum Gasteiger partial charge on any atom is -0.292 e. The van der Waals surface area contributed by atoms with Crippen LogP contribution >= 0.6 is 0 Å². The van der Waals surface area contributed by atoms with E-state index in [4.69, 9.17) is 0 Å². The van der Waals surface area contributed by atoms with Crippen LogP contribution in [0.25, 0.3) is 10.8 Å². The Morgan fingerprint density at radius 2 is 1.80 bits per heavy atom. The third-order valence-electron chi connectivity index (χ3n) is 4.02. The van der Waals surface area contributed by atoms with Crippen LogP contribution in [0.5, 0.6) is 0 Å². The molecule has 0 aliphatic heterocycles. The number of hydrogen-bond acceptors (Lipinski definition) is 3. The second-order valence-corrected chi connectivity index (χ2v) is 5.47. The van der Waals surface area contributed by atoms with Crippen LogP contribution < -0.4 is 0 Å². The van der Waals surface area contributed by atoms with Crippen LogP contribution in [0.1, 0.15) is 38.1 Å². The number of hydrogen-bond donors (Lipinski definition) is 0. The van der Waals surface area contributed by atoms with Crippen LogP contribution in [0.4, 0.5) is 0 Å². The van der Waals surface area contributed by atoms with Gasteiger partial charge in [-0.1, -0.05) is 38.1 Å². The predicted octanol–water partition coefficient (Wildman–Crippen LogP) is 3.54. The van der Waals surface area contributed by atoms with Gasteiger partial charge in [-0.25, -0.2) is 0 Å². The molecular weight excluding hydrogens is 248 g/mol. The highest BCUT2D eigenvalue weighted by Crippen LogP contribution is 2.25. The zero-order valence-corrected chi connectivity index (χ0v) is 12.7. The van der Waals surface area contributed by atoms with Crippen molar-refractivity contribution in [2.45, 2.75) is 33.2 Å². The lowest BCUT2D eigenvalue weighted by Crippen LogP contribution is -2.50. The molecular formula is C17H22N2O. The molecule has 1 heterocycles. The fourth-order valence-electron chi connectivity index (χ4n) is 2.78. The first kappa shape index (κ1) is 14.7.